The van der Waals surface area contributed by atoms with Crippen LogP contribution in [-0.4, -0.2) is 31.7 Å². The fourth-order valence-electron chi connectivity index (χ4n) is 2.92. The zero-order chi connectivity index (χ0) is 17.9. The van der Waals surface area contributed by atoms with Gasteiger partial charge < -0.3 is 5.32 Å². The van der Waals surface area contributed by atoms with Crippen molar-refractivity contribution >= 4 is 5.91 Å². The fraction of sp³-hybridized carbons (Fsp3) is 0.556. The number of amides is 1. The Morgan fingerprint density at radius 1 is 1.21 bits per heavy atom. The molecule has 6 heteroatoms. The number of aryl methyl sites for hydroxylation is 3. The summed E-state index contributed by atoms with van der Waals surface area (Å²) in [5, 5.41) is 7.59. The van der Waals surface area contributed by atoms with E-state index in [1.807, 2.05) is 40.7 Å². The van der Waals surface area contributed by atoms with E-state index in [1.54, 1.807) is 4.68 Å². The van der Waals surface area contributed by atoms with Gasteiger partial charge in [-0.2, -0.15) is 5.10 Å². The molecule has 1 unspecified atom stereocenters. The number of nitrogens with zero attached hydrogens (tertiary/aromatic N) is 4. The lowest BCUT2D eigenvalue weighted by molar-refractivity contribution is -0.121. The van der Waals surface area contributed by atoms with E-state index in [4.69, 9.17) is 0 Å². The highest BCUT2D eigenvalue weighted by atomic mass is 16.1. The molecular formula is C18H27N5O. The van der Waals surface area contributed by atoms with Gasteiger partial charge in [0.15, 0.2) is 0 Å². The minimum Gasteiger partial charge on any atom is -0.353 e. The number of hydrogen-bond acceptors (Lipinski definition) is 4. The lowest BCUT2D eigenvalue weighted by Gasteiger charge is -2.12. The monoisotopic (exact) mass is 329 g/mol. The summed E-state index contributed by atoms with van der Waals surface area (Å²) in [7, 11) is 0. The lowest BCUT2D eigenvalue weighted by Crippen LogP contribution is -2.33. The van der Waals surface area contributed by atoms with Crippen LogP contribution in [0.3, 0.4) is 0 Å². The molecule has 0 bridgehead atoms. The Kier molecular flexibility index (Phi) is 5.70. The van der Waals surface area contributed by atoms with Crippen LogP contribution in [-0.2, 0) is 11.2 Å². The largest absolute Gasteiger partial charge is 0.353 e. The first kappa shape index (κ1) is 18.1. The molecule has 24 heavy (non-hydrogen) atoms. The molecular weight excluding hydrogens is 302 g/mol. The second-order valence-corrected chi connectivity index (χ2v) is 6.45. The third-order valence-electron chi connectivity index (χ3n) is 4.07. The van der Waals surface area contributed by atoms with Crippen LogP contribution >= 0.6 is 0 Å². The molecule has 0 saturated heterocycles. The van der Waals surface area contributed by atoms with Crippen LogP contribution in [0.25, 0.3) is 5.95 Å². The van der Waals surface area contributed by atoms with E-state index in [-0.39, 0.29) is 11.9 Å². The molecule has 0 aliphatic rings. The van der Waals surface area contributed by atoms with Gasteiger partial charge in [-0.15, -0.1) is 0 Å². The Hall–Kier alpha value is -2.24. The smallest absolute Gasteiger partial charge is 0.251 e. The summed E-state index contributed by atoms with van der Waals surface area (Å²) in [6.45, 7) is 11.9. The number of aromatic nitrogens is 4. The fourth-order valence-corrected chi connectivity index (χ4v) is 2.92. The van der Waals surface area contributed by atoms with Crippen LogP contribution in [0, 0.1) is 27.7 Å². The van der Waals surface area contributed by atoms with Crippen molar-refractivity contribution in [3.63, 3.8) is 0 Å². The van der Waals surface area contributed by atoms with Crippen molar-refractivity contribution in [3.05, 3.63) is 34.4 Å². The summed E-state index contributed by atoms with van der Waals surface area (Å²) in [6.07, 6.45) is 2.37. The van der Waals surface area contributed by atoms with Gasteiger partial charge in [0.1, 0.15) is 0 Å². The van der Waals surface area contributed by atoms with Crippen LogP contribution in [0.1, 0.15) is 55.0 Å². The van der Waals surface area contributed by atoms with Crippen molar-refractivity contribution in [2.45, 2.75) is 66.8 Å². The third kappa shape index (κ3) is 4.19. The van der Waals surface area contributed by atoms with Crippen molar-refractivity contribution in [3.8, 4) is 5.95 Å². The van der Waals surface area contributed by atoms with Crippen molar-refractivity contribution in [1.29, 1.82) is 0 Å². The number of carbonyl (C=O) groups is 1. The first-order valence-electron chi connectivity index (χ1n) is 8.49. The molecule has 0 fully saturated rings. The molecule has 2 rings (SSSR count). The topological polar surface area (TPSA) is 72.7 Å². The Labute approximate surface area is 143 Å². The quantitative estimate of drug-likeness (QED) is 0.884. The number of rotatable bonds is 6. The number of carbonyl (C=O) groups excluding carboxylic acids is 1. The molecule has 1 amide bonds. The van der Waals surface area contributed by atoms with Gasteiger partial charge in [-0.3, -0.25) is 4.79 Å². The van der Waals surface area contributed by atoms with Gasteiger partial charge in [0.05, 0.1) is 12.1 Å². The van der Waals surface area contributed by atoms with Crippen molar-refractivity contribution in [2.75, 3.05) is 0 Å². The summed E-state index contributed by atoms with van der Waals surface area (Å²) >= 11 is 0. The van der Waals surface area contributed by atoms with Gasteiger partial charge in [0.25, 0.3) is 5.95 Å². The highest BCUT2D eigenvalue weighted by molar-refractivity contribution is 5.79. The van der Waals surface area contributed by atoms with Crippen LogP contribution in [0.4, 0.5) is 0 Å². The van der Waals surface area contributed by atoms with Crippen LogP contribution in [0.15, 0.2) is 6.07 Å². The SMILES string of the molecule is CCCC(C)NC(=O)Cc1c(C)nn(-c2nc(C)cc(C)n2)c1C. The van der Waals surface area contributed by atoms with Crippen LogP contribution in [0.5, 0.6) is 0 Å². The number of hydrogen-bond donors (Lipinski definition) is 1. The van der Waals surface area contributed by atoms with Gasteiger partial charge in [-0.25, -0.2) is 14.6 Å². The van der Waals surface area contributed by atoms with Gasteiger partial charge in [-0.1, -0.05) is 13.3 Å². The van der Waals surface area contributed by atoms with Gasteiger partial charge >= 0.3 is 0 Å². The molecule has 2 aromatic rings. The van der Waals surface area contributed by atoms with E-state index in [2.05, 4.69) is 27.3 Å². The van der Waals surface area contributed by atoms with Crippen molar-refractivity contribution in [1.82, 2.24) is 25.1 Å². The molecule has 1 N–H and O–H groups in total. The maximum atomic E-state index is 12.3. The third-order valence-corrected chi connectivity index (χ3v) is 4.07. The Morgan fingerprint density at radius 2 is 1.83 bits per heavy atom. The Balaban J connectivity index is 2.24. The summed E-state index contributed by atoms with van der Waals surface area (Å²) in [5.41, 5.74) is 4.50. The summed E-state index contributed by atoms with van der Waals surface area (Å²) in [6, 6.07) is 2.12. The number of nitrogens with one attached hydrogen (secondary N) is 1. The minimum absolute atomic E-state index is 0.0306. The molecule has 2 aromatic heterocycles. The van der Waals surface area contributed by atoms with E-state index >= 15 is 0 Å². The molecule has 130 valence electrons. The molecule has 0 radical (unpaired) electrons. The molecule has 0 aromatic carbocycles. The maximum absolute atomic E-state index is 12.3. The van der Waals surface area contributed by atoms with E-state index < -0.39 is 0 Å². The van der Waals surface area contributed by atoms with Crippen LogP contribution < -0.4 is 5.32 Å². The van der Waals surface area contributed by atoms with Crippen molar-refractivity contribution < 1.29 is 4.79 Å². The Morgan fingerprint density at radius 3 is 2.42 bits per heavy atom. The summed E-state index contributed by atoms with van der Waals surface area (Å²) in [5.74, 6) is 0.585. The minimum atomic E-state index is 0.0306. The second-order valence-electron chi connectivity index (χ2n) is 6.45. The highest BCUT2D eigenvalue weighted by Crippen LogP contribution is 2.17. The zero-order valence-electron chi connectivity index (χ0n) is 15.5. The summed E-state index contributed by atoms with van der Waals surface area (Å²) < 4.78 is 1.73. The van der Waals surface area contributed by atoms with E-state index in [0.717, 1.165) is 41.2 Å². The average Bonchev–Trinajstić information content (AvgIpc) is 2.74. The van der Waals surface area contributed by atoms with Gasteiger partial charge in [0, 0.05) is 28.7 Å². The predicted octanol–water partition coefficient (Wildman–Crippen LogP) is 2.74. The lowest BCUT2D eigenvalue weighted by atomic mass is 10.1. The van der Waals surface area contributed by atoms with E-state index in [1.165, 1.54) is 0 Å². The van der Waals surface area contributed by atoms with Gasteiger partial charge in [0.2, 0.25) is 5.91 Å². The standard InChI is InChI=1S/C18H27N5O/c1-7-8-11(2)19-17(24)10-16-14(5)22-23(15(16)6)18-20-12(3)9-13(4)21-18/h9,11H,7-8,10H2,1-6H3,(H,19,24). The predicted molar refractivity (Wildman–Crippen MR) is 94.3 cm³/mol. The zero-order valence-corrected chi connectivity index (χ0v) is 15.5. The molecule has 6 nitrogen and oxygen atoms in total. The highest BCUT2D eigenvalue weighted by Gasteiger charge is 2.18. The first-order chi connectivity index (χ1) is 11.3. The van der Waals surface area contributed by atoms with Gasteiger partial charge in [-0.05, 0) is 47.1 Å². The second kappa shape index (κ2) is 7.55. The molecule has 0 aliphatic heterocycles. The molecule has 2 heterocycles. The molecule has 0 saturated carbocycles. The first-order valence-corrected chi connectivity index (χ1v) is 8.49. The maximum Gasteiger partial charge on any atom is 0.251 e. The normalized spacial score (nSPS) is 12.2. The average molecular weight is 329 g/mol. The molecule has 0 aliphatic carbocycles. The van der Waals surface area contributed by atoms with E-state index in [9.17, 15) is 4.79 Å². The van der Waals surface area contributed by atoms with E-state index in [0.29, 0.717) is 12.4 Å². The Bertz CT molecular complexity index is 715. The van der Waals surface area contributed by atoms with Crippen molar-refractivity contribution in [2.24, 2.45) is 0 Å². The summed E-state index contributed by atoms with van der Waals surface area (Å²) in [4.78, 5) is 21.2. The molecule has 1 atom stereocenters. The van der Waals surface area contributed by atoms with Crippen LogP contribution in [0.2, 0.25) is 0 Å². The molecule has 0 spiro atoms.